The highest BCUT2D eigenvalue weighted by atomic mass is 15.2. The molecule has 68 heavy (non-hydrogen) atoms. The third-order valence-electron chi connectivity index (χ3n) is 13.6. The molecule has 1 aliphatic carbocycles. The van der Waals surface area contributed by atoms with Crippen LogP contribution in [0.1, 0.15) is 38.9 Å². The topological polar surface area (TPSA) is 39.5 Å². The molecule has 0 saturated heterocycles. The summed E-state index contributed by atoms with van der Waals surface area (Å²) in [7, 11) is 0. The molecule has 0 fully saturated rings. The summed E-state index contributed by atoms with van der Waals surface area (Å²) in [4.78, 5) is 7.41. The molecule has 0 bridgehead atoms. The summed E-state index contributed by atoms with van der Waals surface area (Å²) in [6.45, 7) is 0. The van der Waals surface area contributed by atoms with Gasteiger partial charge in [0.25, 0.3) is 0 Å². The highest BCUT2D eigenvalue weighted by Crippen LogP contribution is 2.63. The Morgan fingerprint density at radius 1 is 0.382 bits per heavy atom. The number of para-hydroxylation sites is 3. The molecule has 0 unspecified atom stereocenters. The van der Waals surface area contributed by atoms with Crippen LogP contribution in [0.3, 0.4) is 0 Å². The number of anilines is 3. The van der Waals surface area contributed by atoms with Crippen molar-refractivity contribution >= 4 is 34.7 Å². The largest absolute Gasteiger partial charge is 0.310 e. The van der Waals surface area contributed by atoms with Gasteiger partial charge in [-0.25, -0.2) is 0 Å². The maximum Gasteiger partial charge on any atom is 0.0754 e. The van der Waals surface area contributed by atoms with Gasteiger partial charge < -0.3 is 10.3 Å². The van der Waals surface area contributed by atoms with Crippen molar-refractivity contribution in [2.75, 3.05) is 4.90 Å². The summed E-state index contributed by atoms with van der Waals surface area (Å²) in [5.41, 5.74) is 21.1. The Bertz CT molecular complexity index is 3520. The Morgan fingerprint density at radius 2 is 0.882 bits per heavy atom. The first kappa shape index (κ1) is 40.6. The maximum atomic E-state index is 9.54. The first-order valence-corrected chi connectivity index (χ1v) is 23.2. The minimum absolute atomic E-state index is 0.382. The van der Waals surface area contributed by atoms with Crippen LogP contribution in [-0.2, 0) is 5.41 Å². The third-order valence-corrected chi connectivity index (χ3v) is 13.6. The van der Waals surface area contributed by atoms with E-state index in [2.05, 4.69) is 217 Å². The zero-order chi connectivity index (χ0) is 45.4. The lowest BCUT2D eigenvalue weighted by molar-refractivity contribution is 0.753. The summed E-state index contributed by atoms with van der Waals surface area (Å²) in [5, 5.41) is 9.54. The average molecular weight is 868 g/mol. The number of nitrogens with zero attached hydrogens (tertiary/aromatic N) is 2. The number of aliphatic imine (C=N–C) groups is 1. The molecular formula is C65H45N3. The lowest BCUT2D eigenvalue weighted by atomic mass is 9.64. The van der Waals surface area contributed by atoms with E-state index in [0.29, 0.717) is 5.71 Å². The SMILES string of the molecule is N=C(/C=C(\N=C\c1ccccc1)c1ccc(-c2ccccc2)cc1)c1cccc(-c2ccccc2-c2ccc3c(c2)C2(c4ccccc4-3)c3ccccc3N(c3ccccc3)c3ccccc32)c1. The van der Waals surface area contributed by atoms with Gasteiger partial charge in [-0.05, 0) is 115 Å². The fourth-order valence-electron chi connectivity index (χ4n) is 10.5. The minimum Gasteiger partial charge on any atom is -0.310 e. The summed E-state index contributed by atoms with van der Waals surface area (Å²) in [5.74, 6) is 0. The predicted octanol–water partition coefficient (Wildman–Crippen LogP) is 16.4. The second-order valence-corrected chi connectivity index (χ2v) is 17.4. The van der Waals surface area contributed by atoms with Crippen LogP contribution in [0.2, 0.25) is 0 Å². The summed E-state index contributed by atoms with van der Waals surface area (Å²) in [6.07, 6.45) is 3.76. The molecule has 1 aliphatic heterocycles. The van der Waals surface area contributed by atoms with Crippen LogP contribution in [0, 0.1) is 5.41 Å². The molecule has 3 nitrogen and oxygen atoms in total. The fraction of sp³-hybridized carbons (Fsp3) is 0.0154. The maximum absolute atomic E-state index is 9.54. The molecular weight excluding hydrogens is 823 g/mol. The standard InChI is InChI=1S/C65H45N3/c66-61(43-62(67-44-45-19-4-1-5-20-45)48-37-35-47(36-38-48)46-21-6-2-7-22-46)51-24-18-23-49(41-51)53-27-10-11-28-54(53)50-39-40-56-55-29-12-13-30-57(55)65(60(56)42-50)58-31-14-16-33-63(58)68(52-25-8-3-9-26-52)64-34-17-15-32-59(64)65/h1-44,66H/b62-43-,66-61?,67-44+. The van der Waals surface area contributed by atoms with E-state index in [1.54, 1.807) is 0 Å². The summed E-state index contributed by atoms with van der Waals surface area (Å²) in [6, 6.07) is 90.8. The van der Waals surface area contributed by atoms with E-state index in [9.17, 15) is 5.41 Å². The van der Waals surface area contributed by atoms with Gasteiger partial charge in [0.05, 0.1) is 28.2 Å². The number of nitrogens with one attached hydrogen (secondary N) is 1. The van der Waals surface area contributed by atoms with E-state index < -0.39 is 5.41 Å². The fourth-order valence-corrected chi connectivity index (χ4v) is 10.5. The Hall–Kier alpha value is -8.92. The zero-order valence-corrected chi connectivity index (χ0v) is 37.3. The first-order valence-electron chi connectivity index (χ1n) is 23.2. The lowest BCUT2D eigenvalue weighted by Crippen LogP contribution is -2.36. The molecule has 3 heteroatoms. The van der Waals surface area contributed by atoms with Crippen molar-refractivity contribution in [2.24, 2.45) is 4.99 Å². The van der Waals surface area contributed by atoms with E-state index >= 15 is 0 Å². The number of benzene rings is 10. The Morgan fingerprint density at radius 3 is 1.56 bits per heavy atom. The van der Waals surface area contributed by atoms with Crippen molar-refractivity contribution < 1.29 is 0 Å². The second-order valence-electron chi connectivity index (χ2n) is 17.4. The van der Waals surface area contributed by atoms with Crippen LogP contribution >= 0.6 is 0 Å². The van der Waals surface area contributed by atoms with Crippen LogP contribution in [0.25, 0.3) is 50.2 Å². The van der Waals surface area contributed by atoms with E-state index in [-0.39, 0.29) is 0 Å². The van der Waals surface area contributed by atoms with Gasteiger partial charge in [0.1, 0.15) is 0 Å². The molecule has 0 amide bonds. The van der Waals surface area contributed by atoms with Gasteiger partial charge in [-0.3, -0.25) is 4.99 Å². The molecule has 0 radical (unpaired) electrons. The number of fused-ring (bicyclic) bond motifs is 9. The molecule has 10 aromatic carbocycles. The van der Waals surface area contributed by atoms with Gasteiger partial charge in [-0.2, -0.15) is 0 Å². The number of allylic oxidation sites excluding steroid dienone is 1. The highest BCUT2D eigenvalue weighted by molar-refractivity contribution is 6.11. The Kier molecular flexibility index (Phi) is 10.2. The highest BCUT2D eigenvalue weighted by Gasteiger charge is 2.51. The molecule has 0 aromatic heterocycles. The Labute approximate surface area is 397 Å². The monoisotopic (exact) mass is 867 g/mol. The molecule has 12 rings (SSSR count). The van der Waals surface area contributed by atoms with Gasteiger partial charge in [0.15, 0.2) is 0 Å². The molecule has 1 heterocycles. The quantitative estimate of drug-likeness (QED) is 0.144. The van der Waals surface area contributed by atoms with Gasteiger partial charge in [-0.15, -0.1) is 0 Å². The summed E-state index contributed by atoms with van der Waals surface area (Å²) >= 11 is 0. The molecule has 0 saturated carbocycles. The van der Waals surface area contributed by atoms with E-state index in [1.807, 2.05) is 54.8 Å². The molecule has 1 spiro atoms. The number of hydrogen-bond acceptors (Lipinski definition) is 3. The van der Waals surface area contributed by atoms with Gasteiger partial charge in [0, 0.05) is 23.0 Å². The van der Waals surface area contributed by atoms with Gasteiger partial charge >= 0.3 is 0 Å². The van der Waals surface area contributed by atoms with Crippen LogP contribution in [0.15, 0.2) is 266 Å². The number of hydrogen-bond donors (Lipinski definition) is 1. The third kappa shape index (κ3) is 6.92. The van der Waals surface area contributed by atoms with E-state index in [1.165, 1.54) is 44.8 Å². The zero-order valence-electron chi connectivity index (χ0n) is 37.3. The number of rotatable bonds is 9. The summed E-state index contributed by atoms with van der Waals surface area (Å²) < 4.78 is 0. The van der Waals surface area contributed by atoms with Crippen molar-refractivity contribution in [3.05, 3.63) is 300 Å². The van der Waals surface area contributed by atoms with Crippen LogP contribution < -0.4 is 4.90 Å². The van der Waals surface area contributed by atoms with Crippen molar-refractivity contribution in [3.63, 3.8) is 0 Å². The molecule has 10 aromatic rings. The van der Waals surface area contributed by atoms with Crippen LogP contribution in [0.4, 0.5) is 17.1 Å². The van der Waals surface area contributed by atoms with Gasteiger partial charge in [-0.1, -0.05) is 218 Å². The van der Waals surface area contributed by atoms with Gasteiger partial charge in [0.2, 0.25) is 0 Å². The molecule has 0 atom stereocenters. The van der Waals surface area contributed by atoms with Crippen LogP contribution in [-0.4, -0.2) is 11.9 Å². The van der Waals surface area contributed by atoms with E-state index in [0.717, 1.165) is 61.5 Å². The van der Waals surface area contributed by atoms with Crippen molar-refractivity contribution in [1.29, 1.82) is 5.41 Å². The van der Waals surface area contributed by atoms with Crippen molar-refractivity contribution in [2.45, 2.75) is 5.41 Å². The predicted molar refractivity (Wildman–Crippen MR) is 284 cm³/mol. The van der Waals surface area contributed by atoms with Crippen molar-refractivity contribution in [3.8, 4) is 44.5 Å². The molecule has 1 N–H and O–H groups in total. The molecule has 320 valence electrons. The molecule has 2 aliphatic rings. The Balaban J connectivity index is 0.956. The normalized spacial score (nSPS) is 13.2. The van der Waals surface area contributed by atoms with Crippen molar-refractivity contribution in [1.82, 2.24) is 0 Å². The smallest absolute Gasteiger partial charge is 0.0754 e. The minimum atomic E-state index is -0.556. The lowest BCUT2D eigenvalue weighted by Gasteiger charge is -2.45. The van der Waals surface area contributed by atoms with E-state index in [4.69, 9.17) is 4.99 Å². The van der Waals surface area contributed by atoms with Crippen LogP contribution in [0.5, 0.6) is 0 Å². The first-order chi connectivity index (χ1) is 33.6. The average Bonchev–Trinajstić information content (AvgIpc) is 3.70. The second kappa shape index (κ2) is 17.1.